The van der Waals surface area contributed by atoms with Gasteiger partial charge < -0.3 is 14.2 Å². The van der Waals surface area contributed by atoms with E-state index < -0.39 is 0 Å². The van der Waals surface area contributed by atoms with Crippen molar-refractivity contribution in [3.63, 3.8) is 0 Å². The van der Waals surface area contributed by atoms with Crippen LogP contribution in [0.3, 0.4) is 0 Å². The van der Waals surface area contributed by atoms with Gasteiger partial charge in [-0.05, 0) is 24.1 Å². The third kappa shape index (κ3) is 2.81. The van der Waals surface area contributed by atoms with Crippen LogP contribution in [-0.4, -0.2) is 28.1 Å². The quantitative estimate of drug-likeness (QED) is 0.848. The normalized spacial score (nSPS) is 18.0. The van der Waals surface area contributed by atoms with Gasteiger partial charge in [0.25, 0.3) is 0 Å². The van der Waals surface area contributed by atoms with E-state index >= 15 is 0 Å². The molecule has 1 atom stereocenters. The molecule has 1 aromatic heterocycles. The maximum absolute atomic E-state index is 12.2. The lowest BCUT2D eigenvalue weighted by Gasteiger charge is -2.22. The lowest BCUT2D eigenvalue weighted by molar-refractivity contribution is -0.129. The molecule has 116 valence electrons. The summed E-state index contributed by atoms with van der Waals surface area (Å²) in [6, 6.07) is 7.60. The summed E-state index contributed by atoms with van der Waals surface area (Å²) in [6.07, 6.45) is 1.97. The molecule has 1 amide bonds. The Bertz CT molecular complexity index is 651. The molecule has 6 nitrogen and oxygen atoms in total. The van der Waals surface area contributed by atoms with Crippen LogP contribution < -0.4 is 4.74 Å². The van der Waals surface area contributed by atoms with Crippen LogP contribution >= 0.6 is 0 Å². The number of aromatic nitrogens is 2. The van der Waals surface area contributed by atoms with Crippen LogP contribution in [0.25, 0.3) is 0 Å². The van der Waals surface area contributed by atoms with E-state index in [-0.39, 0.29) is 11.9 Å². The van der Waals surface area contributed by atoms with Gasteiger partial charge in [0.15, 0.2) is 5.82 Å². The second-order valence-electron chi connectivity index (χ2n) is 5.33. The molecule has 3 rings (SSSR count). The number of amides is 1. The number of rotatable bonds is 5. The molecule has 1 aliphatic rings. The fraction of sp³-hybridized carbons (Fsp3) is 0.438. The highest BCUT2D eigenvalue weighted by atomic mass is 16.5. The molecule has 1 aliphatic heterocycles. The Balaban J connectivity index is 1.78. The molecule has 0 aliphatic carbocycles. The fourth-order valence-electron chi connectivity index (χ4n) is 2.66. The van der Waals surface area contributed by atoms with Crippen LogP contribution in [0.4, 0.5) is 0 Å². The predicted octanol–water partition coefficient (Wildman–Crippen LogP) is 2.50. The van der Waals surface area contributed by atoms with E-state index in [0.29, 0.717) is 24.7 Å². The number of carbonyl (C=O) groups is 1. The van der Waals surface area contributed by atoms with Crippen LogP contribution in [0.5, 0.6) is 5.75 Å². The topological polar surface area (TPSA) is 68.5 Å². The molecule has 0 saturated carbocycles. The minimum atomic E-state index is -0.123. The zero-order valence-corrected chi connectivity index (χ0v) is 12.8. The van der Waals surface area contributed by atoms with Crippen molar-refractivity contribution in [1.29, 1.82) is 0 Å². The molecule has 0 N–H and O–H groups in total. The monoisotopic (exact) mass is 301 g/mol. The van der Waals surface area contributed by atoms with E-state index in [1.165, 1.54) is 0 Å². The fourth-order valence-corrected chi connectivity index (χ4v) is 2.66. The Kier molecular flexibility index (Phi) is 4.09. The van der Waals surface area contributed by atoms with E-state index in [1.807, 2.05) is 36.1 Å². The highest BCUT2D eigenvalue weighted by Gasteiger charge is 2.35. The smallest absolute Gasteiger partial charge is 0.249 e. The molecular weight excluding hydrogens is 282 g/mol. The van der Waals surface area contributed by atoms with E-state index in [2.05, 4.69) is 10.1 Å². The third-order valence-corrected chi connectivity index (χ3v) is 3.93. The number of ether oxygens (including phenoxy) is 1. The van der Waals surface area contributed by atoms with Gasteiger partial charge in [-0.1, -0.05) is 24.2 Å². The van der Waals surface area contributed by atoms with Crippen molar-refractivity contribution >= 4 is 5.91 Å². The summed E-state index contributed by atoms with van der Waals surface area (Å²) in [5, 5.41) is 3.93. The van der Waals surface area contributed by atoms with Gasteiger partial charge in [-0.15, -0.1) is 0 Å². The molecule has 1 aromatic carbocycles. The predicted molar refractivity (Wildman–Crippen MR) is 79.2 cm³/mol. The van der Waals surface area contributed by atoms with Crippen LogP contribution in [0.15, 0.2) is 28.8 Å². The molecule has 1 saturated heterocycles. The summed E-state index contributed by atoms with van der Waals surface area (Å²) < 4.78 is 10.5. The van der Waals surface area contributed by atoms with E-state index in [4.69, 9.17) is 9.26 Å². The number of benzene rings is 1. The Hall–Kier alpha value is -2.37. The first kappa shape index (κ1) is 14.6. The third-order valence-electron chi connectivity index (χ3n) is 3.93. The number of methoxy groups -OCH3 is 1. The second kappa shape index (κ2) is 6.17. The first-order valence-electron chi connectivity index (χ1n) is 7.46. The van der Waals surface area contributed by atoms with Gasteiger partial charge in [0, 0.05) is 19.4 Å². The maximum Gasteiger partial charge on any atom is 0.249 e. The molecule has 0 bridgehead atoms. The summed E-state index contributed by atoms with van der Waals surface area (Å²) >= 11 is 0. The van der Waals surface area contributed by atoms with Gasteiger partial charge in [-0.2, -0.15) is 4.98 Å². The number of nitrogens with zero attached hydrogens (tertiary/aromatic N) is 3. The largest absolute Gasteiger partial charge is 0.497 e. The Morgan fingerprint density at radius 1 is 1.36 bits per heavy atom. The van der Waals surface area contributed by atoms with Gasteiger partial charge in [0.1, 0.15) is 11.8 Å². The van der Waals surface area contributed by atoms with Crippen molar-refractivity contribution in [2.75, 3.05) is 7.11 Å². The molecule has 0 spiro atoms. The van der Waals surface area contributed by atoms with Crippen LogP contribution in [0.1, 0.15) is 43.1 Å². The van der Waals surface area contributed by atoms with Gasteiger partial charge in [-0.25, -0.2) is 0 Å². The molecule has 1 fully saturated rings. The van der Waals surface area contributed by atoms with E-state index in [1.54, 1.807) is 7.11 Å². The van der Waals surface area contributed by atoms with Crippen molar-refractivity contribution in [3.8, 4) is 5.75 Å². The van der Waals surface area contributed by atoms with Gasteiger partial charge in [-0.3, -0.25) is 4.79 Å². The van der Waals surface area contributed by atoms with E-state index in [0.717, 1.165) is 24.2 Å². The lowest BCUT2D eigenvalue weighted by Crippen LogP contribution is -2.27. The molecule has 2 aromatic rings. The average Bonchev–Trinajstić information content (AvgIpc) is 3.15. The SMILES string of the molecule is CCc1noc(C2CCC(=O)N2Cc2ccc(OC)cc2)n1. The second-order valence-corrected chi connectivity index (χ2v) is 5.33. The summed E-state index contributed by atoms with van der Waals surface area (Å²) in [4.78, 5) is 18.4. The zero-order valence-electron chi connectivity index (χ0n) is 12.8. The molecule has 1 unspecified atom stereocenters. The minimum Gasteiger partial charge on any atom is -0.497 e. The Labute approximate surface area is 129 Å². The molecule has 22 heavy (non-hydrogen) atoms. The number of likely N-dealkylation sites (tertiary alicyclic amines) is 1. The van der Waals surface area contributed by atoms with Crippen LogP contribution in [0, 0.1) is 0 Å². The first-order chi connectivity index (χ1) is 10.7. The summed E-state index contributed by atoms with van der Waals surface area (Å²) in [6.45, 7) is 2.51. The molecular formula is C16H19N3O3. The number of hydrogen-bond donors (Lipinski definition) is 0. The minimum absolute atomic E-state index is 0.122. The lowest BCUT2D eigenvalue weighted by atomic mass is 10.1. The molecule has 2 heterocycles. The number of hydrogen-bond acceptors (Lipinski definition) is 5. The highest BCUT2D eigenvalue weighted by Crippen LogP contribution is 2.33. The van der Waals surface area contributed by atoms with Crippen LogP contribution in [-0.2, 0) is 17.8 Å². The van der Waals surface area contributed by atoms with Crippen molar-refractivity contribution in [2.45, 2.75) is 38.8 Å². The van der Waals surface area contributed by atoms with Crippen molar-refractivity contribution in [3.05, 3.63) is 41.5 Å². The average molecular weight is 301 g/mol. The zero-order chi connectivity index (χ0) is 15.5. The first-order valence-corrected chi connectivity index (χ1v) is 7.46. The number of carbonyl (C=O) groups excluding carboxylic acids is 1. The number of aryl methyl sites for hydroxylation is 1. The maximum atomic E-state index is 12.2. The van der Waals surface area contributed by atoms with Gasteiger partial charge >= 0.3 is 0 Å². The molecule has 6 heteroatoms. The highest BCUT2D eigenvalue weighted by molar-refractivity contribution is 5.78. The summed E-state index contributed by atoms with van der Waals surface area (Å²) in [7, 11) is 1.63. The summed E-state index contributed by atoms with van der Waals surface area (Å²) in [5.41, 5.74) is 1.05. The Morgan fingerprint density at radius 3 is 2.77 bits per heavy atom. The van der Waals surface area contributed by atoms with Gasteiger partial charge in [0.2, 0.25) is 11.8 Å². The summed E-state index contributed by atoms with van der Waals surface area (Å²) in [5.74, 6) is 2.14. The standard InChI is InChI=1S/C16H19N3O3/c1-3-14-17-16(22-18-14)13-8-9-15(20)19(13)10-11-4-6-12(21-2)7-5-11/h4-7,13H,3,8-10H2,1-2H3. The van der Waals surface area contributed by atoms with E-state index in [9.17, 15) is 4.79 Å². The molecule has 0 radical (unpaired) electrons. The van der Waals surface area contributed by atoms with Crippen molar-refractivity contribution < 1.29 is 14.1 Å². The van der Waals surface area contributed by atoms with Crippen LogP contribution in [0.2, 0.25) is 0 Å². The van der Waals surface area contributed by atoms with Crippen molar-refractivity contribution in [2.24, 2.45) is 0 Å². The van der Waals surface area contributed by atoms with Gasteiger partial charge in [0.05, 0.1) is 7.11 Å². The van der Waals surface area contributed by atoms with Crippen molar-refractivity contribution in [1.82, 2.24) is 15.0 Å². The Morgan fingerprint density at radius 2 is 2.14 bits per heavy atom.